The molecule has 6 nitrogen and oxygen atoms in total. The van der Waals surface area contributed by atoms with E-state index in [1.807, 2.05) is 47.1 Å². The zero-order valence-electron chi connectivity index (χ0n) is 19.5. The summed E-state index contributed by atoms with van der Waals surface area (Å²) in [5.41, 5.74) is 3.43. The fourth-order valence-electron chi connectivity index (χ4n) is 4.95. The van der Waals surface area contributed by atoms with Gasteiger partial charge in [0.2, 0.25) is 5.91 Å². The van der Waals surface area contributed by atoms with Crippen molar-refractivity contribution >= 4 is 11.8 Å². The van der Waals surface area contributed by atoms with Gasteiger partial charge in [0.15, 0.2) is 5.76 Å². The molecule has 0 radical (unpaired) electrons. The van der Waals surface area contributed by atoms with Gasteiger partial charge in [-0.05, 0) is 60.2 Å². The van der Waals surface area contributed by atoms with Gasteiger partial charge >= 0.3 is 0 Å². The molecule has 1 saturated heterocycles. The third-order valence-corrected chi connectivity index (χ3v) is 6.73. The molecule has 5 rings (SSSR count). The highest BCUT2D eigenvalue weighted by Crippen LogP contribution is 2.37. The number of rotatable bonds is 6. The van der Waals surface area contributed by atoms with E-state index >= 15 is 0 Å². The Hall–Kier alpha value is -3.54. The normalized spacial score (nSPS) is 17.5. The molecule has 3 aromatic rings. The second-order valence-electron chi connectivity index (χ2n) is 8.92. The van der Waals surface area contributed by atoms with Gasteiger partial charge in [-0.15, -0.1) is 0 Å². The zero-order valence-corrected chi connectivity index (χ0v) is 19.5. The summed E-state index contributed by atoms with van der Waals surface area (Å²) in [6.45, 7) is 4.44. The fourth-order valence-corrected chi connectivity index (χ4v) is 4.95. The maximum absolute atomic E-state index is 12.8. The highest BCUT2D eigenvalue weighted by Gasteiger charge is 2.31. The van der Waals surface area contributed by atoms with Crippen molar-refractivity contribution in [3.8, 4) is 5.75 Å². The number of ether oxygens (including phenoxy) is 1. The highest BCUT2D eigenvalue weighted by molar-refractivity contribution is 5.91. The molecule has 2 aliphatic heterocycles. The summed E-state index contributed by atoms with van der Waals surface area (Å²) in [6.07, 6.45) is 3.40. The Balaban J connectivity index is 1.35. The second kappa shape index (κ2) is 9.75. The Kier molecular flexibility index (Phi) is 6.39. The number of carbonyl (C=O) groups is 2. The van der Waals surface area contributed by atoms with Gasteiger partial charge in [0.05, 0.1) is 6.04 Å². The van der Waals surface area contributed by atoms with E-state index in [0.717, 1.165) is 43.5 Å². The van der Waals surface area contributed by atoms with Gasteiger partial charge < -0.3 is 19.0 Å². The van der Waals surface area contributed by atoms with Crippen LogP contribution < -0.4 is 4.74 Å². The van der Waals surface area contributed by atoms with E-state index in [1.165, 1.54) is 5.56 Å². The summed E-state index contributed by atoms with van der Waals surface area (Å²) in [5, 5.41) is 0. The number of likely N-dealkylation sites (tertiary alicyclic amines) is 1. The van der Waals surface area contributed by atoms with E-state index < -0.39 is 0 Å². The maximum atomic E-state index is 12.8. The molecule has 2 aliphatic rings. The quantitative estimate of drug-likeness (QED) is 0.523. The predicted molar refractivity (Wildman–Crippen MR) is 129 cm³/mol. The third kappa shape index (κ3) is 4.45. The molecule has 2 aromatic carbocycles. The average Bonchev–Trinajstić information content (AvgIpc) is 3.59. The van der Waals surface area contributed by atoms with Crippen LogP contribution >= 0.6 is 0 Å². The van der Waals surface area contributed by atoms with Crippen LogP contribution in [0.15, 0.2) is 65.1 Å². The standard InChI is InChI=1S/C28H30N2O4/c1-2-26(31)30-17-14-20-10-11-22(18-24(20)27(30)21-8-4-3-5-9-21)33-19-23-12-13-25(34-23)28(32)29-15-6-7-16-29/h3-5,8-13,18,27H,2,6-7,14-17,19H2,1H3. The lowest BCUT2D eigenvalue weighted by Gasteiger charge is -2.38. The number of furan rings is 1. The molecule has 1 fully saturated rings. The highest BCUT2D eigenvalue weighted by atomic mass is 16.5. The SMILES string of the molecule is CCC(=O)N1CCc2ccc(OCc3ccc(C(=O)N4CCCC4)o3)cc2C1c1ccccc1. The van der Waals surface area contributed by atoms with Gasteiger partial charge in [-0.3, -0.25) is 9.59 Å². The monoisotopic (exact) mass is 458 g/mol. The minimum atomic E-state index is -0.130. The molecule has 1 aromatic heterocycles. The molecule has 1 unspecified atom stereocenters. The predicted octanol–water partition coefficient (Wildman–Crippen LogP) is 4.98. The van der Waals surface area contributed by atoms with E-state index in [1.54, 1.807) is 12.1 Å². The van der Waals surface area contributed by atoms with Crippen LogP contribution in [-0.4, -0.2) is 41.2 Å². The van der Waals surface area contributed by atoms with E-state index in [9.17, 15) is 9.59 Å². The molecular weight excluding hydrogens is 428 g/mol. The molecule has 2 amide bonds. The number of amides is 2. The summed E-state index contributed by atoms with van der Waals surface area (Å²) in [7, 11) is 0. The van der Waals surface area contributed by atoms with E-state index in [-0.39, 0.29) is 24.5 Å². The molecule has 176 valence electrons. The molecule has 6 heteroatoms. The number of nitrogens with zero attached hydrogens (tertiary/aromatic N) is 2. The number of fused-ring (bicyclic) bond motifs is 1. The van der Waals surface area contributed by atoms with Gasteiger partial charge in [0, 0.05) is 26.1 Å². The molecule has 0 bridgehead atoms. The Morgan fingerprint density at radius 1 is 1.00 bits per heavy atom. The first-order valence-corrected chi connectivity index (χ1v) is 12.1. The number of benzene rings is 2. The first-order valence-electron chi connectivity index (χ1n) is 12.1. The van der Waals surface area contributed by atoms with Crippen molar-refractivity contribution in [2.24, 2.45) is 0 Å². The van der Waals surface area contributed by atoms with Gasteiger partial charge in [-0.2, -0.15) is 0 Å². The third-order valence-electron chi connectivity index (χ3n) is 6.73. The van der Waals surface area contributed by atoms with Crippen molar-refractivity contribution in [3.05, 3.63) is 88.9 Å². The lowest BCUT2D eigenvalue weighted by Crippen LogP contribution is -2.40. The Morgan fingerprint density at radius 2 is 1.79 bits per heavy atom. The van der Waals surface area contributed by atoms with Gasteiger partial charge in [0.25, 0.3) is 5.91 Å². The molecule has 1 atom stereocenters. The molecule has 0 N–H and O–H groups in total. The van der Waals surface area contributed by atoms with Crippen LogP contribution in [0.5, 0.6) is 5.75 Å². The molecule has 3 heterocycles. The fraction of sp³-hybridized carbons (Fsp3) is 0.357. The van der Waals surface area contributed by atoms with Gasteiger partial charge in [-0.1, -0.05) is 43.3 Å². The Labute approximate surface area is 200 Å². The summed E-state index contributed by atoms with van der Waals surface area (Å²) >= 11 is 0. The first-order chi connectivity index (χ1) is 16.6. The first kappa shape index (κ1) is 22.3. The maximum Gasteiger partial charge on any atom is 0.289 e. The Bertz CT molecular complexity index is 1160. The van der Waals surface area contributed by atoms with Crippen molar-refractivity contribution in [1.82, 2.24) is 9.80 Å². The van der Waals surface area contributed by atoms with Gasteiger partial charge in [0.1, 0.15) is 18.1 Å². The second-order valence-corrected chi connectivity index (χ2v) is 8.92. The molecule has 0 saturated carbocycles. The summed E-state index contributed by atoms with van der Waals surface area (Å²) in [4.78, 5) is 29.1. The Morgan fingerprint density at radius 3 is 2.56 bits per heavy atom. The largest absolute Gasteiger partial charge is 0.486 e. The number of hydrogen-bond donors (Lipinski definition) is 0. The van der Waals surface area contributed by atoms with E-state index in [0.29, 0.717) is 30.2 Å². The van der Waals surface area contributed by atoms with Crippen molar-refractivity contribution in [2.45, 2.75) is 45.3 Å². The molecule has 0 aliphatic carbocycles. The van der Waals surface area contributed by atoms with E-state index in [2.05, 4.69) is 18.2 Å². The van der Waals surface area contributed by atoms with Crippen molar-refractivity contribution < 1.29 is 18.7 Å². The molecule has 0 spiro atoms. The average molecular weight is 459 g/mol. The van der Waals surface area contributed by atoms with Crippen molar-refractivity contribution in [1.29, 1.82) is 0 Å². The van der Waals surface area contributed by atoms with E-state index in [4.69, 9.17) is 9.15 Å². The van der Waals surface area contributed by atoms with Crippen LogP contribution in [0.2, 0.25) is 0 Å². The van der Waals surface area contributed by atoms with Crippen LogP contribution in [0.4, 0.5) is 0 Å². The van der Waals surface area contributed by atoms with Crippen LogP contribution in [0, 0.1) is 0 Å². The minimum Gasteiger partial charge on any atom is -0.486 e. The zero-order chi connectivity index (χ0) is 23.5. The summed E-state index contributed by atoms with van der Waals surface area (Å²) < 4.78 is 11.8. The molecular formula is C28H30N2O4. The summed E-state index contributed by atoms with van der Waals surface area (Å²) in [5.74, 6) is 1.79. The topological polar surface area (TPSA) is 63.0 Å². The van der Waals surface area contributed by atoms with Crippen LogP contribution in [0.1, 0.15) is 65.2 Å². The number of hydrogen-bond acceptors (Lipinski definition) is 4. The van der Waals surface area contributed by atoms with Crippen LogP contribution in [-0.2, 0) is 17.8 Å². The van der Waals surface area contributed by atoms with Crippen molar-refractivity contribution in [3.63, 3.8) is 0 Å². The number of carbonyl (C=O) groups excluding carboxylic acids is 2. The summed E-state index contributed by atoms with van der Waals surface area (Å²) in [6, 6.07) is 19.7. The van der Waals surface area contributed by atoms with Crippen molar-refractivity contribution in [2.75, 3.05) is 19.6 Å². The van der Waals surface area contributed by atoms with Gasteiger partial charge in [-0.25, -0.2) is 0 Å². The van der Waals surface area contributed by atoms with Crippen LogP contribution in [0.3, 0.4) is 0 Å². The molecule has 34 heavy (non-hydrogen) atoms. The lowest BCUT2D eigenvalue weighted by atomic mass is 9.87. The smallest absolute Gasteiger partial charge is 0.289 e. The lowest BCUT2D eigenvalue weighted by molar-refractivity contribution is -0.132. The minimum absolute atomic E-state index is 0.0519. The van der Waals surface area contributed by atoms with Crippen LogP contribution in [0.25, 0.3) is 0 Å².